The third-order valence-corrected chi connectivity index (χ3v) is 6.14. The number of nitrogens with one attached hydrogen (secondary N) is 1. The summed E-state index contributed by atoms with van der Waals surface area (Å²) in [6, 6.07) is 7.72. The number of quaternary nitrogens is 1. The van der Waals surface area contributed by atoms with Crippen LogP contribution in [0.15, 0.2) is 24.3 Å². The first kappa shape index (κ1) is 18.9. The average molecular weight is 393 g/mol. The van der Waals surface area contributed by atoms with E-state index in [0.717, 1.165) is 36.8 Å². The molecule has 26 heavy (non-hydrogen) atoms. The highest BCUT2D eigenvalue weighted by Crippen LogP contribution is 2.37. The quantitative estimate of drug-likeness (QED) is 0.705. The lowest BCUT2D eigenvalue weighted by Crippen LogP contribution is -2.86. The van der Waals surface area contributed by atoms with Crippen molar-refractivity contribution >= 4 is 39.8 Å². The minimum absolute atomic E-state index is 0.103. The molecule has 1 aliphatic carbocycles. The van der Waals surface area contributed by atoms with E-state index in [2.05, 4.69) is 5.32 Å². The first-order valence-corrected chi connectivity index (χ1v) is 9.98. The lowest BCUT2D eigenvalue weighted by atomic mass is 9.95. The van der Waals surface area contributed by atoms with Gasteiger partial charge in [0.15, 0.2) is 6.54 Å². The average Bonchev–Trinajstić information content (AvgIpc) is 2.97. The predicted molar refractivity (Wildman–Crippen MR) is 105 cm³/mol. The van der Waals surface area contributed by atoms with E-state index in [1.807, 2.05) is 36.5 Å². The van der Waals surface area contributed by atoms with Crippen molar-refractivity contribution in [3.63, 3.8) is 0 Å². The van der Waals surface area contributed by atoms with E-state index >= 15 is 0 Å². The maximum Gasteiger partial charge on any atom is 0.280 e. The Bertz CT molecular complexity index is 834. The molecule has 1 aromatic carbocycles. The normalized spacial score (nSPS) is 14.5. The molecule has 0 spiro atoms. The van der Waals surface area contributed by atoms with Gasteiger partial charge in [0.2, 0.25) is 0 Å². The SMILES string of the molecule is C[C@H]([NH2+]CC(=O)Nc1sc2c(c1C(N)=O)CCCC2)c1cccc(Cl)c1. The first-order valence-electron chi connectivity index (χ1n) is 8.78. The Balaban J connectivity index is 1.65. The van der Waals surface area contributed by atoms with Gasteiger partial charge in [0.1, 0.15) is 11.0 Å². The van der Waals surface area contributed by atoms with Crippen LogP contribution in [-0.4, -0.2) is 18.4 Å². The summed E-state index contributed by atoms with van der Waals surface area (Å²) in [5, 5.41) is 6.11. The zero-order chi connectivity index (χ0) is 18.7. The van der Waals surface area contributed by atoms with Crippen LogP contribution in [-0.2, 0) is 17.6 Å². The molecule has 3 rings (SSSR count). The van der Waals surface area contributed by atoms with Gasteiger partial charge in [0.25, 0.3) is 11.8 Å². The van der Waals surface area contributed by atoms with Crippen LogP contribution in [0.25, 0.3) is 0 Å². The van der Waals surface area contributed by atoms with Gasteiger partial charge in [-0.05, 0) is 50.3 Å². The van der Waals surface area contributed by atoms with Crippen molar-refractivity contribution in [3.05, 3.63) is 50.9 Å². The summed E-state index contributed by atoms with van der Waals surface area (Å²) in [5.41, 5.74) is 8.16. The molecule has 1 heterocycles. The van der Waals surface area contributed by atoms with Crippen LogP contribution in [0.4, 0.5) is 5.00 Å². The molecule has 1 aromatic heterocycles. The number of hydrogen-bond acceptors (Lipinski definition) is 3. The maximum absolute atomic E-state index is 12.4. The summed E-state index contributed by atoms with van der Waals surface area (Å²) in [4.78, 5) is 25.4. The zero-order valence-corrected chi connectivity index (χ0v) is 16.3. The number of hydrogen-bond donors (Lipinski definition) is 3. The number of primary amides is 1. The van der Waals surface area contributed by atoms with Crippen molar-refractivity contribution in [2.45, 2.75) is 38.6 Å². The Labute approximate surface area is 161 Å². The van der Waals surface area contributed by atoms with E-state index in [1.165, 1.54) is 16.2 Å². The molecule has 5 nitrogen and oxygen atoms in total. The fourth-order valence-electron chi connectivity index (χ4n) is 3.30. The third-order valence-electron chi connectivity index (χ3n) is 4.70. The molecule has 0 saturated heterocycles. The van der Waals surface area contributed by atoms with Crippen LogP contribution in [0.1, 0.15) is 52.2 Å². The number of thiophene rings is 1. The van der Waals surface area contributed by atoms with Crippen LogP contribution in [0.2, 0.25) is 5.02 Å². The lowest BCUT2D eigenvalue weighted by molar-refractivity contribution is -0.682. The summed E-state index contributed by atoms with van der Waals surface area (Å²) in [5.74, 6) is -0.601. The van der Waals surface area contributed by atoms with Crippen LogP contribution in [0.5, 0.6) is 0 Å². The van der Waals surface area contributed by atoms with Crippen molar-refractivity contribution in [1.29, 1.82) is 0 Å². The molecule has 7 heteroatoms. The second-order valence-electron chi connectivity index (χ2n) is 6.61. The molecule has 1 aliphatic rings. The highest BCUT2D eigenvalue weighted by atomic mass is 35.5. The standard InChI is InChI=1S/C19H22ClN3O2S/c1-11(12-5-4-6-13(20)9-12)22-10-16(24)23-19-17(18(21)25)14-7-2-3-8-15(14)26-19/h4-6,9,11,22H,2-3,7-8,10H2,1H3,(H2,21,25)(H,23,24)/p+1/t11-/m0/s1. The van der Waals surface area contributed by atoms with E-state index in [4.69, 9.17) is 17.3 Å². The summed E-state index contributed by atoms with van der Waals surface area (Å²) in [6.07, 6.45) is 3.98. The van der Waals surface area contributed by atoms with Gasteiger partial charge in [-0.3, -0.25) is 9.59 Å². The van der Waals surface area contributed by atoms with Gasteiger partial charge < -0.3 is 16.4 Å². The van der Waals surface area contributed by atoms with Gasteiger partial charge in [-0.2, -0.15) is 0 Å². The second-order valence-corrected chi connectivity index (χ2v) is 8.15. The van der Waals surface area contributed by atoms with Crippen LogP contribution in [0, 0.1) is 0 Å². The van der Waals surface area contributed by atoms with E-state index in [-0.39, 0.29) is 18.5 Å². The largest absolute Gasteiger partial charge is 0.365 e. The molecule has 0 radical (unpaired) electrons. The Kier molecular flexibility index (Phi) is 5.96. The number of nitrogens with two attached hydrogens (primary N) is 2. The lowest BCUT2D eigenvalue weighted by Gasteiger charge is -2.12. The molecule has 2 amide bonds. The fraction of sp³-hybridized carbons (Fsp3) is 0.368. The molecular formula is C19H23ClN3O2S+. The Morgan fingerprint density at radius 1 is 1.35 bits per heavy atom. The topological polar surface area (TPSA) is 88.8 Å². The van der Waals surface area contributed by atoms with E-state index < -0.39 is 5.91 Å². The number of carbonyl (C=O) groups is 2. The molecule has 138 valence electrons. The van der Waals surface area contributed by atoms with E-state index in [0.29, 0.717) is 15.6 Å². The van der Waals surface area contributed by atoms with Crippen molar-refractivity contribution in [2.24, 2.45) is 5.73 Å². The Morgan fingerprint density at radius 2 is 2.12 bits per heavy atom. The highest BCUT2D eigenvalue weighted by Gasteiger charge is 2.25. The highest BCUT2D eigenvalue weighted by molar-refractivity contribution is 7.17. The Morgan fingerprint density at radius 3 is 2.85 bits per heavy atom. The minimum atomic E-state index is -0.462. The molecule has 2 aromatic rings. The van der Waals surface area contributed by atoms with Crippen molar-refractivity contribution in [2.75, 3.05) is 11.9 Å². The van der Waals surface area contributed by atoms with Crippen molar-refractivity contribution in [3.8, 4) is 0 Å². The number of aryl methyl sites for hydroxylation is 1. The van der Waals surface area contributed by atoms with Crippen LogP contribution in [0.3, 0.4) is 0 Å². The summed E-state index contributed by atoms with van der Waals surface area (Å²) in [6.45, 7) is 2.28. The molecule has 0 bridgehead atoms. The number of rotatable bonds is 6. The fourth-order valence-corrected chi connectivity index (χ4v) is 4.81. The molecule has 0 saturated carbocycles. The first-order chi connectivity index (χ1) is 12.5. The van der Waals surface area contributed by atoms with Gasteiger partial charge in [-0.25, -0.2) is 0 Å². The molecule has 1 atom stereocenters. The summed E-state index contributed by atoms with van der Waals surface area (Å²) < 4.78 is 0. The van der Waals surface area contributed by atoms with Gasteiger partial charge in [-0.15, -0.1) is 11.3 Å². The molecule has 5 N–H and O–H groups in total. The molecule has 0 aliphatic heterocycles. The zero-order valence-electron chi connectivity index (χ0n) is 14.7. The van der Waals surface area contributed by atoms with Crippen LogP contribution < -0.4 is 16.4 Å². The van der Waals surface area contributed by atoms with Gasteiger partial charge in [-0.1, -0.05) is 23.7 Å². The number of benzene rings is 1. The van der Waals surface area contributed by atoms with Gasteiger partial charge in [0.05, 0.1) is 5.56 Å². The van der Waals surface area contributed by atoms with Crippen molar-refractivity contribution in [1.82, 2.24) is 0 Å². The van der Waals surface area contributed by atoms with Crippen LogP contribution >= 0.6 is 22.9 Å². The maximum atomic E-state index is 12.4. The minimum Gasteiger partial charge on any atom is -0.365 e. The third kappa shape index (κ3) is 4.26. The summed E-state index contributed by atoms with van der Waals surface area (Å²) in [7, 11) is 0. The van der Waals surface area contributed by atoms with Crippen molar-refractivity contribution < 1.29 is 14.9 Å². The number of carbonyl (C=O) groups excluding carboxylic acids is 2. The van der Waals surface area contributed by atoms with E-state index in [9.17, 15) is 9.59 Å². The Hall–Kier alpha value is -1.89. The monoisotopic (exact) mass is 392 g/mol. The van der Waals surface area contributed by atoms with E-state index in [1.54, 1.807) is 0 Å². The molecule has 0 fully saturated rings. The molecule has 0 unspecified atom stereocenters. The predicted octanol–water partition coefficient (Wildman–Crippen LogP) is 2.64. The smallest absolute Gasteiger partial charge is 0.280 e. The number of halogens is 1. The number of amides is 2. The molecular weight excluding hydrogens is 370 g/mol. The second kappa shape index (κ2) is 8.20. The number of fused-ring (bicyclic) bond motifs is 1. The van der Waals surface area contributed by atoms with Gasteiger partial charge >= 0.3 is 0 Å². The number of anilines is 1. The summed E-state index contributed by atoms with van der Waals surface area (Å²) >= 11 is 7.51. The van der Waals surface area contributed by atoms with Gasteiger partial charge in [0, 0.05) is 15.5 Å².